The van der Waals surface area contributed by atoms with Crippen LogP contribution in [0.15, 0.2) is 28.3 Å². The topological polar surface area (TPSA) is 94.0 Å². The molecule has 1 aromatic carbocycles. The highest BCUT2D eigenvalue weighted by molar-refractivity contribution is 7.99. The lowest BCUT2D eigenvalue weighted by molar-refractivity contribution is 0.0697. The summed E-state index contributed by atoms with van der Waals surface area (Å²) in [5.74, 6) is 0.0466. The molecule has 0 radical (unpaired) electrons. The number of aromatic carboxylic acids is 1. The van der Waals surface area contributed by atoms with Gasteiger partial charge in [0.1, 0.15) is 5.82 Å². The van der Waals surface area contributed by atoms with E-state index in [4.69, 9.17) is 10.8 Å². The van der Waals surface area contributed by atoms with Gasteiger partial charge in [-0.15, -0.1) is 10.2 Å². The molecule has 0 unspecified atom stereocenters. The zero-order valence-corrected chi connectivity index (χ0v) is 12.3. The van der Waals surface area contributed by atoms with Crippen LogP contribution in [0.5, 0.6) is 0 Å². The van der Waals surface area contributed by atoms with E-state index < -0.39 is 5.97 Å². The molecular formula is C14H16N4O2S. The van der Waals surface area contributed by atoms with Crippen LogP contribution in [0.2, 0.25) is 0 Å². The second-order valence-electron chi connectivity index (χ2n) is 5.02. The number of rotatable bonds is 3. The molecule has 0 saturated carbocycles. The third-order valence-electron chi connectivity index (χ3n) is 3.53. The molecular weight excluding hydrogens is 288 g/mol. The maximum absolute atomic E-state index is 10.9. The number of anilines is 1. The lowest BCUT2D eigenvalue weighted by atomic mass is 10.2. The van der Waals surface area contributed by atoms with Crippen LogP contribution in [-0.4, -0.2) is 25.8 Å². The van der Waals surface area contributed by atoms with Gasteiger partial charge in [0.05, 0.1) is 5.56 Å². The molecule has 0 spiro atoms. The van der Waals surface area contributed by atoms with Crippen LogP contribution in [0.25, 0.3) is 0 Å². The fraction of sp³-hybridized carbons (Fsp3) is 0.357. The molecule has 0 aliphatic carbocycles. The number of aromatic nitrogens is 3. The number of aryl methyl sites for hydroxylation is 1. The second-order valence-corrected chi connectivity index (χ2v) is 6.03. The minimum absolute atomic E-state index is 0.192. The number of benzene rings is 1. The molecule has 6 nitrogen and oxygen atoms in total. The Kier molecular flexibility index (Phi) is 3.83. The van der Waals surface area contributed by atoms with Crippen LogP contribution in [0.4, 0.5) is 5.69 Å². The van der Waals surface area contributed by atoms with Crippen molar-refractivity contribution in [1.82, 2.24) is 14.8 Å². The first-order valence-electron chi connectivity index (χ1n) is 6.88. The molecule has 3 rings (SSSR count). The van der Waals surface area contributed by atoms with Gasteiger partial charge in [-0.1, -0.05) is 6.42 Å². The van der Waals surface area contributed by atoms with Gasteiger partial charge in [-0.2, -0.15) is 0 Å². The third-order valence-corrected chi connectivity index (χ3v) is 4.61. The number of hydrogen-bond acceptors (Lipinski definition) is 5. The van der Waals surface area contributed by atoms with Gasteiger partial charge in [-0.05, 0) is 42.8 Å². The van der Waals surface area contributed by atoms with Crippen molar-refractivity contribution < 1.29 is 9.90 Å². The number of nitrogens with zero attached hydrogens (tertiary/aromatic N) is 3. The summed E-state index contributed by atoms with van der Waals surface area (Å²) >= 11 is 1.44. The van der Waals surface area contributed by atoms with E-state index in [0.717, 1.165) is 41.7 Å². The Hall–Kier alpha value is -2.02. The van der Waals surface area contributed by atoms with Gasteiger partial charge in [-0.25, -0.2) is 4.79 Å². The van der Waals surface area contributed by atoms with Crippen molar-refractivity contribution in [3.8, 4) is 0 Å². The maximum Gasteiger partial charge on any atom is 0.335 e. The standard InChI is InChI=1S/C14H16N4O2S/c15-10-8-9(13(19)20)5-6-11(10)21-14-17-16-12-4-2-1-3-7-18(12)14/h5-6,8H,1-4,7,15H2,(H,19,20). The van der Waals surface area contributed by atoms with Crippen molar-refractivity contribution >= 4 is 23.4 Å². The minimum Gasteiger partial charge on any atom is -0.478 e. The SMILES string of the molecule is Nc1cc(C(=O)O)ccc1Sc1nnc2n1CCCCC2. The van der Waals surface area contributed by atoms with Crippen molar-refractivity contribution in [2.75, 3.05) is 5.73 Å². The van der Waals surface area contributed by atoms with E-state index in [9.17, 15) is 4.79 Å². The average molecular weight is 304 g/mol. The number of hydrogen-bond donors (Lipinski definition) is 2. The minimum atomic E-state index is -0.977. The normalized spacial score (nSPS) is 14.5. The average Bonchev–Trinajstić information content (AvgIpc) is 2.69. The predicted molar refractivity (Wildman–Crippen MR) is 79.5 cm³/mol. The molecule has 0 atom stereocenters. The molecule has 110 valence electrons. The Morgan fingerprint density at radius 3 is 2.90 bits per heavy atom. The van der Waals surface area contributed by atoms with Crippen LogP contribution in [0.1, 0.15) is 35.4 Å². The highest BCUT2D eigenvalue weighted by Gasteiger charge is 2.17. The third kappa shape index (κ3) is 2.87. The Morgan fingerprint density at radius 1 is 1.29 bits per heavy atom. The van der Waals surface area contributed by atoms with E-state index in [1.165, 1.54) is 24.2 Å². The zero-order chi connectivity index (χ0) is 14.8. The number of carboxylic acids is 1. The number of carbonyl (C=O) groups is 1. The molecule has 0 bridgehead atoms. The Balaban J connectivity index is 1.87. The van der Waals surface area contributed by atoms with E-state index in [1.54, 1.807) is 12.1 Å². The van der Waals surface area contributed by atoms with Gasteiger partial charge in [0.25, 0.3) is 0 Å². The van der Waals surface area contributed by atoms with Crippen molar-refractivity contribution in [3.05, 3.63) is 29.6 Å². The summed E-state index contributed by atoms with van der Waals surface area (Å²) in [6.07, 6.45) is 4.45. The monoisotopic (exact) mass is 304 g/mol. The van der Waals surface area contributed by atoms with E-state index in [1.807, 2.05) is 0 Å². The molecule has 0 fully saturated rings. The molecule has 1 aliphatic heterocycles. The van der Waals surface area contributed by atoms with Gasteiger partial charge in [0.2, 0.25) is 0 Å². The molecule has 2 heterocycles. The van der Waals surface area contributed by atoms with E-state index in [2.05, 4.69) is 14.8 Å². The van der Waals surface area contributed by atoms with Gasteiger partial charge >= 0.3 is 5.97 Å². The smallest absolute Gasteiger partial charge is 0.335 e. The Bertz CT molecular complexity index is 684. The van der Waals surface area contributed by atoms with Crippen molar-refractivity contribution in [3.63, 3.8) is 0 Å². The number of nitrogens with two attached hydrogens (primary N) is 1. The number of carboxylic acid groups (broad SMARTS) is 1. The van der Waals surface area contributed by atoms with E-state index in [-0.39, 0.29) is 5.56 Å². The molecule has 0 amide bonds. The summed E-state index contributed by atoms with van der Waals surface area (Å²) < 4.78 is 2.14. The van der Waals surface area contributed by atoms with E-state index in [0.29, 0.717) is 5.69 Å². The van der Waals surface area contributed by atoms with Crippen LogP contribution in [-0.2, 0) is 13.0 Å². The van der Waals surface area contributed by atoms with Crippen molar-refractivity contribution in [2.45, 2.75) is 42.3 Å². The molecule has 2 aromatic rings. The molecule has 1 aliphatic rings. The Morgan fingerprint density at radius 2 is 2.14 bits per heavy atom. The summed E-state index contributed by atoms with van der Waals surface area (Å²) in [5, 5.41) is 18.3. The van der Waals surface area contributed by atoms with Crippen molar-refractivity contribution in [2.24, 2.45) is 0 Å². The first-order valence-corrected chi connectivity index (χ1v) is 7.69. The Labute approximate surface area is 126 Å². The van der Waals surface area contributed by atoms with Gasteiger partial charge in [0.15, 0.2) is 5.16 Å². The van der Waals surface area contributed by atoms with Crippen LogP contribution >= 0.6 is 11.8 Å². The van der Waals surface area contributed by atoms with Crippen LogP contribution in [0.3, 0.4) is 0 Å². The number of nitrogen functional groups attached to an aromatic ring is 1. The van der Waals surface area contributed by atoms with Gasteiger partial charge in [-0.3, -0.25) is 0 Å². The maximum atomic E-state index is 10.9. The van der Waals surface area contributed by atoms with Crippen molar-refractivity contribution in [1.29, 1.82) is 0 Å². The fourth-order valence-electron chi connectivity index (χ4n) is 2.41. The number of fused-ring (bicyclic) bond motifs is 1. The summed E-state index contributed by atoms with van der Waals surface area (Å²) in [6.45, 7) is 0.928. The molecule has 7 heteroatoms. The molecule has 21 heavy (non-hydrogen) atoms. The van der Waals surface area contributed by atoms with Crippen LogP contribution in [0, 0.1) is 0 Å². The second kappa shape index (κ2) is 5.77. The van der Waals surface area contributed by atoms with Crippen LogP contribution < -0.4 is 5.73 Å². The fourth-order valence-corrected chi connectivity index (χ4v) is 3.30. The first kappa shape index (κ1) is 13.9. The zero-order valence-electron chi connectivity index (χ0n) is 11.5. The molecule has 3 N–H and O–H groups in total. The molecule has 1 aromatic heterocycles. The summed E-state index contributed by atoms with van der Waals surface area (Å²) in [5.41, 5.74) is 6.58. The summed E-state index contributed by atoms with van der Waals surface area (Å²) in [6, 6.07) is 4.76. The van der Waals surface area contributed by atoms with Gasteiger partial charge in [0, 0.05) is 23.5 Å². The highest BCUT2D eigenvalue weighted by atomic mass is 32.2. The van der Waals surface area contributed by atoms with Gasteiger partial charge < -0.3 is 15.4 Å². The summed E-state index contributed by atoms with van der Waals surface area (Å²) in [4.78, 5) is 11.7. The van der Waals surface area contributed by atoms with E-state index >= 15 is 0 Å². The predicted octanol–water partition coefficient (Wildman–Crippen LogP) is 2.44. The first-order chi connectivity index (χ1) is 10.1. The highest BCUT2D eigenvalue weighted by Crippen LogP contribution is 2.32. The lowest BCUT2D eigenvalue weighted by Crippen LogP contribution is -2.03. The quantitative estimate of drug-likeness (QED) is 0.846. The lowest BCUT2D eigenvalue weighted by Gasteiger charge is -2.08. The summed E-state index contributed by atoms with van der Waals surface area (Å²) in [7, 11) is 0. The largest absolute Gasteiger partial charge is 0.478 e. The molecule has 0 saturated heterocycles.